The van der Waals surface area contributed by atoms with Crippen LogP contribution in [0.5, 0.6) is 0 Å². The largest absolute Gasteiger partial charge is 0.380 e. The molecule has 0 N–H and O–H groups in total. The van der Waals surface area contributed by atoms with Gasteiger partial charge < -0.3 is 9.30 Å². The van der Waals surface area contributed by atoms with Gasteiger partial charge in [-0.1, -0.05) is 34.5 Å². The van der Waals surface area contributed by atoms with Gasteiger partial charge in [0.2, 0.25) is 0 Å². The minimum absolute atomic E-state index is 0.223. The summed E-state index contributed by atoms with van der Waals surface area (Å²) >= 11 is 14.5. The van der Waals surface area contributed by atoms with E-state index in [2.05, 4.69) is 4.99 Å². The number of halogens is 2. The first-order valence-electron chi connectivity index (χ1n) is 10.5. The molecule has 1 fully saturated rings. The zero-order chi connectivity index (χ0) is 23.6. The Morgan fingerprint density at radius 2 is 1.94 bits per heavy atom. The van der Waals surface area contributed by atoms with E-state index in [1.54, 1.807) is 6.07 Å². The smallest absolute Gasteiger partial charge is 0.252 e. The molecule has 1 aliphatic heterocycles. The molecule has 1 aliphatic rings. The van der Waals surface area contributed by atoms with E-state index in [0.29, 0.717) is 46.8 Å². The Bertz CT molecular complexity index is 1320. The van der Waals surface area contributed by atoms with Gasteiger partial charge in [0.15, 0.2) is 4.80 Å². The standard InChI is InChI=1S/C21H23Cl2N3O4S3/c1-2-30-12-11-26-16-4-3-15(22)13-17(16)31-21(26)24-20(27)14-7-9-25(10-8-14)33(28,29)19-6-5-18(23)32-19/h3-6,13-14H,2,7-12H2,1H3. The van der Waals surface area contributed by atoms with Gasteiger partial charge in [-0.05, 0) is 50.1 Å². The van der Waals surface area contributed by atoms with Crippen molar-refractivity contribution in [2.24, 2.45) is 10.9 Å². The number of carbonyl (C=O) groups excluding carboxylic acids is 1. The van der Waals surface area contributed by atoms with Gasteiger partial charge in [-0.3, -0.25) is 4.79 Å². The van der Waals surface area contributed by atoms with E-state index in [1.807, 2.05) is 29.7 Å². The fourth-order valence-electron chi connectivity index (χ4n) is 3.74. The Morgan fingerprint density at radius 1 is 1.18 bits per heavy atom. The molecule has 3 heterocycles. The highest BCUT2D eigenvalue weighted by Crippen LogP contribution is 2.31. The van der Waals surface area contributed by atoms with Gasteiger partial charge in [0.1, 0.15) is 4.21 Å². The summed E-state index contributed by atoms with van der Waals surface area (Å²) in [6.45, 7) is 4.17. The number of hydrogen-bond acceptors (Lipinski definition) is 6. The second-order valence-electron chi connectivity index (χ2n) is 7.53. The lowest BCUT2D eigenvalue weighted by atomic mass is 9.98. The zero-order valence-corrected chi connectivity index (χ0v) is 21.8. The Balaban J connectivity index is 1.52. The molecular formula is C21H23Cl2N3O4S3. The molecule has 33 heavy (non-hydrogen) atoms. The van der Waals surface area contributed by atoms with Crippen molar-refractivity contribution in [3.8, 4) is 0 Å². The Labute approximate surface area is 210 Å². The van der Waals surface area contributed by atoms with Gasteiger partial charge >= 0.3 is 0 Å². The first-order valence-corrected chi connectivity index (χ1v) is 14.3. The second-order valence-corrected chi connectivity index (χ2v) is 12.9. The molecule has 0 unspecified atom stereocenters. The number of fused-ring (bicyclic) bond motifs is 1. The van der Waals surface area contributed by atoms with Crippen LogP contribution >= 0.6 is 45.9 Å². The highest BCUT2D eigenvalue weighted by molar-refractivity contribution is 7.91. The molecule has 0 spiro atoms. The van der Waals surface area contributed by atoms with Crippen molar-refractivity contribution < 1.29 is 17.9 Å². The van der Waals surface area contributed by atoms with E-state index < -0.39 is 10.0 Å². The molecule has 1 saturated heterocycles. The fourth-order valence-corrected chi connectivity index (χ4v) is 8.19. The summed E-state index contributed by atoms with van der Waals surface area (Å²) in [5, 5.41) is 0.624. The highest BCUT2D eigenvalue weighted by atomic mass is 35.5. The minimum Gasteiger partial charge on any atom is -0.380 e. The molecule has 0 atom stereocenters. The molecule has 0 radical (unpaired) electrons. The minimum atomic E-state index is -3.59. The maximum Gasteiger partial charge on any atom is 0.252 e. The lowest BCUT2D eigenvalue weighted by molar-refractivity contribution is -0.122. The van der Waals surface area contributed by atoms with Gasteiger partial charge in [0, 0.05) is 37.2 Å². The van der Waals surface area contributed by atoms with E-state index in [0.717, 1.165) is 21.6 Å². The van der Waals surface area contributed by atoms with Crippen LogP contribution in [0.1, 0.15) is 19.8 Å². The number of hydrogen-bond donors (Lipinski definition) is 0. The van der Waals surface area contributed by atoms with Gasteiger partial charge in [0.25, 0.3) is 15.9 Å². The van der Waals surface area contributed by atoms with Crippen LogP contribution in [-0.4, -0.2) is 49.5 Å². The lowest BCUT2D eigenvalue weighted by Gasteiger charge is -2.29. The van der Waals surface area contributed by atoms with Crippen molar-refractivity contribution in [3.63, 3.8) is 0 Å². The SMILES string of the molecule is CCOCCn1c(=NC(=O)C2CCN(S(=O)(=O)c3ccc(Cl)s3)CC2)sc2cc(Cl)ccc21. The number of ether oxygens (including phenoxy) is 1. The topological polar surface area (TPSA) is 81.0 Å². The fraction of sp³-hybridized carbons (Fsp3) is 0.429. The third-order valence-corrected chi connectivity index (χ3v) is 10.3. The average Bonchev–Trinajstić information content (AvgIpc) is 3.37. The van der Waals surface area contributed by atoms with Crippen LogP contribution in [0.2, 0.25) is 9.36 Å². The lowest BCUT2D eigenvalue weighted by Crippen LogP contribution is -2.40. The Morgan fingerprint density at radius 3 is 2.61 bits per heavy atom. The number of carbonyl (C=O) groups is 1. The zero-order valence-electron chi connectivity index (χ0n) is 17.9. The molecular weight excluding hydrogens is 525 g/mol. The molecule has 3 aromatic rings. The van der Waals surface area contributed by atoms with E-state index in [4.69, 9.17) is 27.9 Å². The van der Waals surface area contributed by atoms with Crippen molar-refractivity contribution in [2.45, 2.75) is 30.5 Å². The van der Waals surface area contributed by atoms with Gasteiger partial charge in [-0.25, -0.2) is 8.42 Å². The molecule has 1 amide bonds. The van der Waals surface area contributed by atoms with E-state index >= 15 is 0 Å². The summed E-state index contributed by atoms with van der Waals surface area (Å²) in [5.41, 5.74) is 0.950. The number of thiazole rings is 1. The van der Waals surface area contributed by atoms with E-state index in [-0.39, 0.29) is 29.1 Å². The number of piperidine rings is 1. The van der Waals surface area contributed by atoms with Gasteiger partial charge in [-0.2, -0.15) is 9.30 Å². The highest BCUT2D eigenvalue weighted by Gasteiger charge is 2.33. The summed E-state index contributed by atoms with van der Waals surface area (Å²) in [6.07, 6.45) is 0.854. The maximum absolute atomic E-state index is 13.0. The number of aromatic nitrogens is 1. The summed E-state index contributed by atoms with van der Waals surface area (Å²) in [4.78, 5) is 18.0. The molecule has 1 aromatic carbocycles. The van der Waals surface area contributed by atoms with E-state index in [9.17, 15) is 13.2 Å². The predicted octanol–water partition coefficient (Wildman–Crippen LogP) is 4.64. The van der Waals surface area contributed by atoms with Crippen LogP contribution in [0.4, 0.5) is 0 Å². The molecule has 4 rings (SSSR count). The molecule has 178 valence electrons. The van der Waals surface area contributed by atoms with Crippen LogP contribution in [-0.2, 0) is 26.1 Å². The number of nitrogens with zero attached hydrogens (tertiary/aromatic N) is 3. The van der Waals surface area contributed by atoms with Crippen LogP contribution in [0.15, 0.2) is 39.5 Å². The van der Waals surface area contributed by atoms with Crippen molar-refractivity contribution >= 4 is 72.0 Å². The monoisotopic (exact) mass is 547 g/mol. The Hall–Kier alpha value is -1.27. The molecule has 7 nitrogen and oxygen atoms in total. The van der Waals surface area contributed by atoms with Crippen molar-refractivity contribution in [2.75, 3.05) is 26.3 Å². The van der Waals surface area contributed by atoms with Crippen LogP contribution in [0.3, 0.4) is 0 Å². The molecule has 0 aliphatic carbocycles. The number of benzene rings is 1. The van der Waals surface area contributed by atoms with Crippen molar-refractivity contribution in [3.05, 3.63) is 44.5 Å². The third-order valence-electron chi connectivity index (χ3n) is 5.46. The van der Waals surface area contributed by atoms with Crippen LogP contribution in [0.25, 0.3) is 10.2 Å². The predicted molar refractivity (Wildman–Crippen MR) is 133 cm³/mol. The number of thiophene rings is 1. The van der Waals surface area contributed by atoms with Gasteiger partial charge in [-0.15, -0.1) is 11.3 Å². The molecule has 0 saturated carbocycles. The first kappa shape index (κ1) is 24.8. The van der Waals surface area contributed by atoms with Crippen LogP contribution in [0, 0.1) is 5.92 Å². The third kappa shape index (κ3) is 5.53. The molecule has 2 aromatic heterocycles. The normalized spacial score (nSPS) is 16.6. The molecule has 12 heteroatoms. The average molecular weight is 549 g/mol. The van der Waals surface area contributed by atoms with Crippen molar-refractivity contribution in [1.82, 2.24) is 8.87 Å². The van der Waals surface area contributed by atoms with Crippen molar-refractivity contribution in [1.29, 1.82) is 0 Å². The quantitative estimate of drug-likeness (QED) is 0.403. The first-order chi connectivity index (χ1) is 15.8. The second kappa shape index (κ2) is 10.6. The Kier molecular flexibility index (Phi) is 7.95. The number of sulfonamides is 1. The summed E-state index contributed by atoms with van der Waals surface area (Å²) in [6, 6.07) is 8.69. The van der Waals surface area contributed by atoms with Gasteiger partial charge in [0.05, 0.1) is 21.2 Å². The van der Waals surface area contributed by atoms with E-state index in [1.165, 1.54) is 21.7 Å². The van der Waals surface area contributed by atoms with Crippen LogP contribution < -0.4 is 4.80 Å². The number of rotatable bonds is 7. The molecule has 0 bridgehead atoms. The summed E-state index contributed by atoms with van der Waals surface area (Å²) < 4.78 is 36.1. The maximum atomic E-state index is 13.0. The summed E-state index contributed by atoms with van der Waals surface area (Å²) in [7, 11) is -3.59. The number of amides is 1. The summed E-state index contributed by atoms with van der Waals surface area (Å²) in [5.74, 6) is -0.549.